The molecule has 0 aliphatic rings. The molecule has 3 heterocycles. The Bertz CT molecular complexity index is 1240. The predicted molar refractivity (Wildman–Crippen MR) is 122 cm³/mol. The summed E-state index contributed by atoms with van der Waals surface area (Å²) in [6.45, 7) is 5.79. The van der Waals surface area contributed by atoms with Gasteiger partial charge in [0, 0.05) is 28.9 Å². The molecule has 0 saturated carbocycles. The second kappa shape index (κ2) is 9.49. The van der Waals surface area contributed by atoms with Crippen LogP contribution in [-0.4, -0.2) is 41.6 Å². The fraction of sp³-hybridized carbons (Fsp3) is 0.238. The number of hydrogen-bond acceptors (Lipinski definition) is 8. The second-order valence-electron chi connectivity index (χ2n) is 7.20. The standard InChI is InChI=1S/C21H20ClN7O2S/c1-12(2)19-26-27-20(31-19)24-17(30)11-32-21-28-25-18(14-7-9-23-10-8-14)29(21)16-6-4-5-15(22)13(16)3/h4-10,12H,11H2,1-3H3,(H,24,27,30). The molecule has 0 bridgehead atoms. The van der Waals surface area contributed by atoms with Crippen molar-refractivity contribution in [1.29, 1.82) is 0 Å². The van der Waals surface area contributed by atoms with E-state index in [1.54, 1.807) is 12.4 Å². The molecule has 164 valence electrons. The van der Waals surface area contributed by atoms with Gasteiger partial charge in [0.05, 0.1) is 11.4 Å². The van der Waals surface area contributed by atoms with Crippen LogP contribution in [0.1, 0.15) is 31.2 Å². The molecule has 3 aromatic heterocycles. The number of anilines is 1. The minimum atomic E-state index is -0.295. The van der Waals surface area contributed by atoms with E-state index in [1.165, 1.54) is 11.8 Å². The summed E-state index contributed by atoms with van der Waals surface area (Å²) in [5.74, 6) is 0.948. The van der Waals surface area contributed by atoms with Crippen LogP contribution in [0, 0.1) is 6.92 Å². The van der Waals surface area contributed by atoms with E-state index in [2.05, 4.69) is 30.7 Å². The van der Waals surface area contributed by atoms with E-state index in [-0.39, 0.29) is 23.6 Å². The van der Waals surface area contributed by atoms with Crippen LogP contribution in [0.25, 0.3) is 17.1 Å². The Morgan fingerprint density at radius 2 is 1.94 bits per heavy atom. The summed E-state index contributed by atoms with van der Waals surface area (Å²) < 4.78 is 7.32. The van der Waals surface area contributed by atoms with Gasteiger partial charge in [0.2, 0.25) is 11.8 Å². The van der Waals surface area contributed by atoms with Crippen molar-refractivity contribution in [3.8, 4) is 17.1 Å². The van der Waals surface area contributed by atoms with Gasteiger partial charge in [0.1, 0.15) is 0 Å². The molecule has 0 fully saturated rings. The molecule has 0 unspecified atom stereocenters. The van der Waals surface area contributed by atoms with Crippen LogP contribution < -0.4 is 5.32 Å². The maximum atomic E-state index is 12.5. The molecule has 1 N–H and O–H groups in total. The SMILES string of the molecule is Cc1c(Cl)cccc1-n1c(SCC(=O)Nc2nnc(C(C)C)o2)nnc1-c1ccncc1. The number of thioether (sulfide) groups is 1. The number of amides is 1. The van der Waals surface area contributed by atoms with Gasteiger partial charge in [-0.2, -0.15) is 0 Å². The number of hydrogen-bond donors (Lipinski definition) is 1. The van der Waals surface area contributed by atoms with E-state index >= 15 is 0 Å². The maximum Gasteiger partial charge on any atom is 0.322 e. The average Bonchev–Trinajstić information content (AvgIpc) is 3.42. The van der Waals surface area contributed by atoms with Crippen molar-refractivity contribution < 1.29 is 9.21 Å². The lowest BCUT2D eigenvalue weighted by molar-refractivity contribution is -0.113. The number of nitrogens with one attached hydrogen (secondary N) is 1. The molecule has 1 amide bonds. The van der Waals surface area contributed by atoms with Crippen molar-refractivity contribution in [3.63, 3.8) is 0 Å². The number of carbonyl (C=O) groups excluding carboxylic acids is 1. The van der Waals surface area contributed by atoms with Crippen molar-refractivity contribution in [2.75, 3.05) is 11.1 Å². The molecule has 0 saturated heterocycles. The number of carbonyl (C=O) groups is 1. The van der Waals surface area contributed by atoms with Crippen molar-refractivity contribution in [2.24, 2.45) is 0 Å². The molecule has 4 aromatic rings. The third kappa shape index (κ3) is 4.66. The highest BCUT2D eigenvalue weighted by molar-refractivity contribution is 7.99. The number of rotatable bonds is 7. The minimum absolute atomic E-state index is 0.0731. The van der Waals surface area contributed by atoms with E-state index < -0.39 is 0 Å². The van der Waals surface area contributed by atoms with Gasteiger partial charge in [-0.3, -0.25) is 19.7 Å². The third-order valence-electron chi connectivity index (χ3n) is 4.57. The first kappa shape index (κ1) is 22.0. The van der Waals surface area contributed by atoms with Gasteiger partial charge in [-0.15, -0.1) is 15.3 Å². The Morgan fingerprint density at radius 3 is 2.66 bits per heavy atom. The largest absolute Gasteiger partial charge is 0.408 e. The first-order valence-corrected chi connectivity index (χ1v) is 11.2. The molecule has 11 heteroatoms. The average molecular weight is 470 g/mol. The van der Waals surface area contributed by atoms with Gasteiger partial charge in [-0.1, -0.05) is 48.4 Å². The summed E-state index contributed by atoms with van der Waals surface area (Å²) in [7, 11) is 0. The summed E-state index contributed by atoms with van der Waals surface area (Å²) in [5.41, 5.74) is 2.55. The molecular weight excluding hydrogens is 450 g/mol. The monoisotopic (exact) mass is 469 g/mol. The summed E-state index contributed by atoms with van der Waals surface area (Å²) in [5, 5.41) is 20.3. The quantitative estimate of drug-likeness (QED) is 0.393. The Hall–Kier alpha value is -3.24. The van der Waals surface area contributed by atoms with E-state index in [0.29, 0.717) is 21.9 Å². The first-order chi connectivity index (χ1) is 15.4. The number of halogens is 1. The van der Waals surface area contributed by atoms with Crippen LogP contribution >= 0.6 is 23.4 Å². The van der Waals surface area contributed by atoms with Crippen molar-refractivity contribution in [1.82, 2.24) is 29.9 Å². The van der Waals surface area contributed by atoms with Crippen LogP contribution in [0.3, 0.4) is 0 Å². The molecular formula is C21H20ClN7O2S. The fourth-order valence-corrected chi connectivity index (χ4v) is 3.83. The third-order valence-corrected chi connectivity index (χ3v) is 5.90. The van der Waals surface area contributed by atoms with E-state index in [4.69, 9.17) is 16.0 Å². The van der Waals surface area contributed by atoms with Crippen LogP contribution in [-0.2, 0) is 4.79 Å². The van der Waals surface area contributed by atoms with E-state index in [9.17, 15) is 4.79 Å². The normalized spacial score (nSPS) is 11.2. The van der Waals surface area contributed by atoms with Crippen LogP contribution in [0.4, 0.5) is 6.01 Å². The van der Waals surface area contributed by atoms with Crippen molar-refractivity contribution in [3.05, 3.63) is 59.2 Å². The molecule has 0 spiro atoms. The van der Waals surface area contributed by atoms with Gasteiger partial charge in [0.15, 0.2) is 11.0 Å². The van der Waals surface area contributed by atoms with Gasteiger partial charge in [-0.25, -0.2) is 0 Å². The summed E-state index contributed by atoms with van der Waals surface area (Å²) >= 11 is 7.61. The van der Waals surface area contributed by atoms with E-state index in [0.717, 1.165) is 16.8 Å². The van der Waals surface area contributed by atoms with E-state index in [1.807, 2.05) is 55.7 Å². The molecule has 32 heavy (non-hydrogen) atoms. The highest BCUT2D eigenvalue weighted by atomic mass is 35.5. The van der Waals surface area contributed by atoms with Gasteiger partial charge in [-0.05, 0) is 36.8 Å². The van der Waals surface area contributed by atoms with Crippen LogP contribution in [0.5, 0.6) is 0 Å². The molecule has 4 rings (SSSR count). The van der Waals surface area contributed by atoms with Crippen LogP contribution in [0.15, 0.2) is 52.3 Å². The minimum Gasteiger partial charge on any atom is -0.408 e. The van der Waals surface area contributed by atoms with Gasteiger partial charge in [0.25, 0.3) is 0 Å². The Kier molecular flexibility index (Phi) is 6.52. The van der Waals surface area contributed by atoms with Gasteiger partial charge >= 0.3 is 6.01 Å². The zero-order valence-electron chi connectivity index (χ0n) is 17.6. The zero-order valence-corrected chi connectivity index (χ0v) is 19.2. The Balaban J connectivity index is 1.60. The Labute approximate surface area is 193 Å². The second-order valence-corrected chi connectivity index (χ2v) is 8.55. The molecule has 0 aliphatic heterocycles. The highest BCUT2D eigenvalue weighted by Gasteiger charge is 2.20. The zero-order chi connectivity index (χ0) is 22.7. The molecule has 0 radical (unpaired) electrons. The summed E-state index contributed by atoms with van der Waals surface area (Å²) in [6, 6.07) is 9.40. The lowest BCUT2D eigenvalue weighted by Crippen LogP contribution is -2.15. The van der Waals surface area contributed by atoms with Gasteiger partial charge < -0.3 is 4.42 Å². The number of aromatic nitrogens is 6. The molecule has 0 aliphatic carbocycles. The van der Waals surface area contributed by atoms with Crippen molar-refractivity contribution in [2.45, 2.75) is 31.8 Å². The summed E-state index contributed by atoms with van der Waals surface area (Å²) in [6.07, 6.45) is 3.38. The lowest BCUT2D eigenvalue weighted by atomic mass is 10.2. The number of benzene rings is 1. The highest BCUT2D eigenvalue weighted by Crippen LogP contribution is 2.31. The Morgan fingerprint density at radius 1 is 1.16 bits per heavy atom. The molecule has 9 nitrogen and oxygen atoms in total. The fourth-order valence-electron chi connectivity index (χ4n) is 2.91. The van der Waals surface area contributed by atoms with Crippen LogP contribution in [0.2, 0.25) is 5.02 Å². The smallest absolute Gasteiger partial charge is 0.322 e. The lowest BCUT2D eigenvalue weighted by Gasteiger charge is -2.13. The predicted octanol–water partition coefficient (Wildman–Crippen LogP) is 4.53. The number of pyridine rings is 1. The molecule has 1 aromatic carbocycles. The van der Waals surface area contributed by atoms with Crippen molar-refractivity contribution >= 4 is 35.3 Å². The summed E-state index contributed by atoms with van der Waals surface area (Å²) in [4.78, 5) is 16.5. The number of nitrogens with zero attached hydrogens (tertiary/aromatic N) is 6. The molecule has 0 atom stereocenters. The topological polar surface area (TPSA) is 112 Å². The first-order valence-electron chi connectivity index (χ1n) is 9.81. The maximum absolute atomic E-state index is 12.5.